The lowest BCUT2D eigenvalue weighted by molar-refractivity contribution is -0.116. The number of fused-ring (bicyclic) bond motifs is 1. The van der Waals surface area contributed by atoms with E-state index in [9.17, 15) is 4.79 Å². The Morgan fingerprint density at radius 1 is 1.19 bits per heavy atom. The van der Waals surface area contributed by atoms with Gasteiger partial charge in [0.25, 0.3) is 0 Å². The highest BCUT2D eigenvalue weighted by molar-refractivity contribution is 5.95. The van der Waals surface area contributed by atoms with E-state index in [-0.39, 0.29) is 5.91 Å². The molecule has 0 radical (unpaired) electrons. The van der Waals surface area contributed by atoms with Gasteiger partial charge < -0.3 is 9.73 Å². The van der Waals surface area contributed by atoms with Crippen molar-refractivity contribution in [2.75, 3.05) is 0 Å². The predicted molar refractivity (Wildman–Crippen MR) is 81.3 cm³/mol. The van der Waals surface area contributed by atoms with Gasteiger partial charge in [-0.3, -0.25) is 9.78 Å². The average molecular weight is 278 g/mol. The molecule has 1 N–H and O–H groups in total. The fourth-order valence-corrected chi connectivity index (χ4v) is 2.07. The molecule has 3 aromatic rings. The van der Waals surface area contributed by atoms with Crippen LogP contribution in [0.15, 0.2) is 65.4 Å². The van der Waals surface area contributed by atoms with Crippen molar-refractivity contribution in [2.45, 2.75) is 6.54 Å². The fraction of sp³-hybridized carbons (Fsp3) is 0.0588. The predicted octanol–water partition coefficient (Wildman–Crippen LogP) is 3.16. The van der Waals surface area contributed by atoms with E-state index in [1.54, 1.807) is 24.6 Å². The second-order valence-corrected chi connectivity index (χ2v) is 4.55. The number of hydrogen-bond donors (Lipinski definition) is 1. The smallest absolute Gasteiger partial charge is 0.244 e. The van der Waals surface area contributed by atoms with Gasteiger partial charge in [0.15, 0.2) is 0 Å². The first-order chi connectivity index (χ1) is 10.3. The SMILES string of the molecule is O=C(C=Cc1cccc2cccnc12)NCc1ccco1. The van der Waals surface area contributed by atoms with Gasteiger partial charge in [-0.15, -0.1) is 0 Å². The van der Waals surface area contributed by atoms with Gasteiger partial charge in [-0.1, -0.05) is 24.3 Å². The molecule has 1 amide bonds. The van der Waals surface area contributed by atoms with E-state index in [1.165, 1.54) is 6.08 Å². The van der Waals surface area contributed by atoms with Crippen LogP contribution in [0.25, 0.3) is 17.0 Å². The third-order valence-electron chi connectivity index (χ3n) is 3.10. The van der Waals surface area contributed by atoms with Crippen LogP contribution in [0, 0.1) is 0 Å². The molecular weight excluding hydrogens is 264 g/mol. The number of furan rings is 1. The van der Waals surface area contributed by atoms with Crippen molar-refractivity contribution in [1.82, 2.24) is 10.3 Å². The number of aromatic nitrogens is 1. The Morgan fingerprint density at radius 2 is 2.10 bits per heavy atom. The van der Waals surface area contributed by atoms with Crippen LogP contribution in [0.3, 0.4) is 0 Å². The molecule has 0 saturated carbocycles. The summed E-state index contributed by atoms with van der Waals surface area (Å²) < 4.78 is 5.16. The van der Waals surface area contributed by atoms with Gasteiger partial charge in [-0.2, -0.15) is 0 Å². The zero-order chi connectivity index (χ0) is 14.5. The second-order valence-electron chi connectivity index (χ2n) is 4.55. The first-order valence-electron chi connectivity index (χ1n) is 6.65. The highest BCUT2D eigenvalue weighted by Crippen LogP contribution is 2.16. The molecule has 0 spiro atoms. The summed E-state index contributed by atoms with van der Waals surface area (Å²) in [7, 11) is 0. The summed E-state index contributed by atoms with van der Waals surface area (Å²) in [5, 5.41) is 3.81. The Bertz CT molecular complexity index is 771. The van der Waals surface area contributed by atoms with E-state index in [4.69, 9.17) is 4.42 Å². The number of amides is 1. The molecule has 3 rings (SSSR count). The first kappa shape index (κ1) is 13.1. The monoisotopic (exact) mass is 278 g/mol. The zero-order valence-electron chi connectivity index (χ0n) is 11.3. The Hall–Kier alpha value is -2.88. The van der Waals surface area contributed by atoms with Crippen molar-refractivity contribution in [3.05, 3.63) is 72.3 Å². The molecule has 0 aliphatic heterocycles. The fourth-order valence-electron chi connectivity index (χ4n) is 2.07. The van der Waals surface area contributed by atoms with Gasteiger partial charge in [-0.05, 0) is 24.3 Å². The lowest BCUT2D eigenvalue weighted by atomic mass is 10.1. The number of para-hydroxylation sites is 1. The van der Waals surface area contributed by atoms with Crippen molar-refractivity contribution in [3.8, 4) is 0 Å². The third kappa shape index (κ3) is 3.17. The molecule has 0 bridgehead atoms. The zero-order valence-corrected chi connectivity index (χ0v) is 11.3. The number of nitrogens with zero attached hydrogens (tertiary/aromatic N) is 1. The second kappa shape index (κ2) is 6.05. The number of benzene rings is 1. The van der Waals surface area contributed by atoms with Gasteiger partial charge in [0, 0.05) is 23.2 Å². The van der Waals surface area contributed by atoms with Crippen LogP contribution in [-0.4, -0.2) is 10.9 Å². The number of rotatable bonds is 4. The Labute approximate surface area is 122 Å². The molecule has 104 valence electrons. The molecule has 0 atom stereocenters. The van der Waals surface area contributed by atoms with E-state index < -0.39 is 0 Å². The van der Waals surface area contributed by atoms with Gasteiger partial charge in [-0.25, -0.2) is 0 Å². The molecule has 0 fully saturated rings. The molecule has 0 saturated heterocycles. The van der Waals surface area contributed by atoms with Crippen LogP contribution >= 0.6 is 0 Å². The number of pyridine rings is 1. The highest BCUT2D eigenvalue weighted by atomic mass is 16.3. The minimum Gasteiger partial charge on any atom is -0.467 e. The normalized spacial score (nSPS) is 11.0. The molecule has 4 nitrogen and oxygen atoms in total. The van der Waals surface area contributed by atoms with Gasteiger partial charge in [0.05, 0.1) is 18.3 Å². The summed E-state index contributed by atoms with van der Waals surface area (Å²) in [6.45, 7) is 0.379. The number of carbonyl (C=O) groups excluding carboxylic acids is 1. The lowest BCUT2D eigenvalue weighted by Gasteiger charge is -2.01. The Morgan fingerprint density at radius 3 is 2.95 bits per heavy atom. The molecule has 0 aliphatic rings. The molecule has 2 aromatic heterocycles. The molecule has 21 heavy (non-hydrogen) atoms. The molecular formula is C17H14N2O2. The highest BCUT2D eigenvalue weighted by Gasteiger charge is 2.01. The van der Waals surface area contributed by atoms with Crippen LogP contribution in [0.1, 0.15) is 11.3 Å². The molecule has 1 aromatic carbocycles. The third-order valence-corrected chi connectivity index (χ3v) is 3.10. The van der Waals surface area contributed by atoms with E-state index in [0.29, 0.717) is 6.54 Å². The molecule has 0 aliphatic carbocycles. The van der Waals surface area contributed by atoms with Crippen LogP contribution in [0.2, 0.25) is 0 Å². The maximum atomic E-state index is 11.8. The Balaban J connectivity index is 1.71. The van der Waals surface area contributed by atoms with Crippen molar-refractivity contribution in [2.24, 2.45) is 0 Å². The van der Waals surface area contributed by atoms with E-state index in [0.717, 1.165) is 22.2 Å². The maximum Gasteiger partial charge on any atom is 0.244 e. The van der Waals surface area contributed by atoms with Crippen LogP contribution in [0.5, 0.6) is 0 Å². The van der Waals surface area contributed by atoms with Crippen LogP contribution < -0.4 is 5.32 Å². The summed E-state index contributed by atoms with van der Waals surface area (Å²) in [6.07, 6.45) is 6.61. The van der Waals surface area contributed by atoms with Crippen molar-refractivity contribution in [3.63, 3.8) is 0 Å². The summed E-state index contributed by atoms with van der Waals surface area (Å²) in [5.74, 6) is 0.558. The molecule has 2 heterocycles. The number of carbonyl (C=O) groups is 1. The number of nitrogens with one attached hydrogen (secondary N) is 1. The summed E-state index contributed by atoms with van der Waals surface area (Å²) in [5.41, 5.74) is 1.80. The summed E-state index contributed by atoms with van der Waals surface area (Å²) in [6, 6.07) is 13.4. The van der Waals surface area contributed by atoms with Gasteiger partial charge in [0.1, 0.15) is 5.76 Å². The molecule has 0 unspecified atom stereocenters. The molecule has 4 heteroatoms. The minimum absolute atomic E-state index is 0.167. The van der Waals surface area contributed by atoms with E-state index in [1.807, 2.05) is 36.4 Å². The van der Waals surface area contributed by atoms with Crippen molar-refractivity contribution >= 4 is 22.9 Å². The average Bonchev–Trinajstić information content (AvgIpc) is 3.04. The quantitative estimate of drug-likeness (QED) is 0.746. The number of hydrogen-bond acceptors (Lipinski definition) is 3. The summed E-state index contributed by atoms with van der Waals surface area (Å²) in [4.78, 5) is 16.1. The van der Waals surface area contributed by atoms with Crippen LogP contribution in [-0.2, 0) is 11.3 Å². The Kier molecular flexibility index (Phi) is 3.78. The first-order valence-corrected chi connectivity index (χ1v) is 6.65. The summed E-state index contributed by atoms with van der Waals surface area (Å²) >= 11 is 0. The van der Waals surface area contributed by atoms with Crippen LogP contribution in [0.4, 0.5) is 0 Å². The lowest BCUT2D eigenvalue weighted by Crippen LogP contribution is -2.19. The maximum absolute atomic E-state index is 11.8. The topological polar surface area (TPSA) is 55.1 Å². The largest absolute Gasteiger partial charge is 0.467 e. The standard InChI is InChI=1S/C17H14N2O2/c20-16(19-12-15-7-3-11-21-15)9-8-14-5-1-4-13-6-2-10-18-17(13)14/h1-11H,12H2,(H,19,20). The van der Waals surface area contributed by atoms with Gasteiger partial charge in [0.2, 0.25) is 5.91 Å². The van der Waals surface area contributed by atoms with Crippen molar-refractivity contribution in [1.29, 1.82) is 0 Å². The van der Waals surface area contributed by atoms with E-state index >= 15 is 0 Å². The van der Waals surface area contributed by atoms with Crippen molar-refractivity contribution < 1.29 is 9.21 Å². The minimum atomic E-state index is -0.167. The van der Waals surface area contributed by atoms with Gasteiger partial charge >= 0.3 is 0 Å². The van der Waals surface area contributed by atoms with E-state index in [2.05, 4.69) is 10.3 Å².